The number of nitrogens with zero attached hydrogens (tertiary/aromatic N) is 3. The van der Waals surface area contributed by atoms with Crippen molar-refractivity contribution in [2.75, 3.05) is 6.54 Å². The molecule has 28 heavy (non-hydrogen) atoms. The quantitative estimate of drug-likeness (QED) is 0.739. The lowest BCUT2D eigenvalue weighted by Crippen LogP contribution is -2.41. The zero-order valence-corrected chi connectivity index (χ0v) is 15.7. The molecule has 0 saturated carbocycles. The second kappa shape index (κ2) is 7.09. The van der Waals surface area contributed by atoms with Crippen LogP contribution in [0.15, 0.2) is 57.8 Å². The van der Waals surface area contributed by atoms with E-state index in [9.17, 15) is 13.2 Å². The van der Waals surface area contributed by atoms with Crippen LogP contribution < -0.4 is 0 Å². The third kappa shape index (κ3) is 3.14. The Balaban J connectivity index is 1.55. The molecule has 1 saturated heterocycles. The van der Waals surface area contributed by atoms with Gasteiger partial charge in [-0.3, -0.25) is 0 Å². The summed E-state index contributed by atoms with van der Waals surface area (Å²) in [4.78, 5) is 14.6. The van der Waals surface area contributed by atoms with E-state index < -0.39 is 22.0 Å². The minimum absolute atomic E-state index is 0.00569. The van der Waals surface area contributed by atoms with Crippen molar-refractivity contribution >= 4 is 21.8 Å². The van der Waals surface area contributed by atoms with Gasteiger partial charge in [-0.15, -0.1) is 4.40 Å². The van der Waals surface area contributed by atoms with Crippen molar-refractivity contribution < 1.29 is 17.9 Å². The Labute approximate surface area is 162 Å². The molecule has 0 aliphatic carbocycles. The van der Waals surface area contributed by atoms with Crippen LogP contribution in [0.1, 0.15) is 29.5 Å². The molecule has 0 radical (unpaired) electrons. The zero-order valence-electron chi connectivity index (χ0n) is 14.9. The average Bonchev–Trinajstić information content (AvgIpc) is 3.29. The van der Waals surface area contributed by atoms with Crippen LogP contribution in [0.3, 0.4) is 0 Å². The van der Waals surface area contributed by atoms with E-state index in [4.69, 9.17) is 10.00 Å². The largest absolute Gasteiger partial charge is 0.459 e. The summed E-state index contributed by atoms with van der Waals surface area (Å²) in [6, 6.07) is 15.0. The molecule has 4 rings (SSSR count). The Hall–Kier alpha value is -3.18. The van der Waals surface area contributed by atoms with Gasteiger partial charge in [-0.25, -0.2) is 4.79 Å². The number of nitriles is 1. The molecule has 1 fully saturated rings. The van der Waals surface area contributed by atoms with Crippen LogP contribution in [0, 0.1) is 11.3 Å². The van der Waals surface area contributed by atoms with Crippen LogP contribution in [0.4, 0.5) is 0 Å². The minimum atomic E-state index is -3.75. The number of ether oxygens (including phenoxy) is 1. The number of amidine groups is 1. The Morgan fingerprint density at radius 1 is 1.21 bits per heavy atom. The number of likely N-dealkylation sites (tertiary alicyclic amines) is 1. The van der Waals surface area contributed by atoms with Crippen molar-refractivity contribution in [2.45, 2.75) is 30.4 Å². The number of fused-ring (bicyclic) bond motifs is 1. The predicted octanol–water partition coefficient (Wildman–Crippen LogP) is 2.21. The van der Waals surface area contributed by atoms with E-state index in [-0.39, 0.29) is 11.5 Å². The lowest BCUT2D eigenvalue weighted by atomic mass is 10.1. The van der Waals surface area contributed by atoms with E-state index in [1.165, 1.54) is 6.07 Å². The van der Waals surface area contributed by atoms with E-state index in [1.807, 2.05) is 0 Å². The van der Waals surface area contributed by atoms with E-state index >= 15 is 0 Å². The van der Waals surface area contributed by atoms with Gasteiger partial charge in [0.25, 0.3) is 10.0 Å². The first-order valence-electron chi connectivity index (χ1n) is 8.87. The molecular weight excluding hydrogens is 378 g/mol. The number of rotatable bonds is 3. The smallest absolute Gasteiger partial charge is 0.329 e. The fourth-order valence-corrected chi connectivity index (χ4v) is 4.78. The van der Waals surface area contributed by atoms with Crippen molar-refractivity contribution in [3.8, 4) is 6.07 Å². The molecule has 0 N–H and O–H groups in total. The van der Waals surface area contributed by atoms with Gasteiger partial charge in [-0.05, 0) is 31.0 Å². The number of hydrogen-bond donors (Lipinski definition) is 0. The van der Waals surface area contributed by atoms with Gasteiger partial charge in [0.15, 0.2) is 5.84 Å². The minimum Gasteiger partial charge on any atom is -0.459 e. The maximum absolute atomic E-state index is 12.7. The predicted molar refractivity (Wildman–Crippen MR) is 101 cm³/mol. The number of sulfonamides is 1. The summed E-state index contributed by atoms with van der Waals surface area (Å²) in [5.41, 5.74) is 1.60. The number of hydrogen-bond acceptors (Lipinski definition) is 6. The molecule has 2 aliphatic heterocycles. The summed E-state index contributed by atoms with van der Waals surface area (Å²) < 4.78 is 34.0. The Bertz CT molecular complexity index is 1120. The summed E-state index contributed by atoms with van der Waals surface area (Å²) in [6.07, 6.45) is 1.29. The molecule has 7 nitrogen and oxygen atoms in total. The topological polar surface area (TPSA) is 99.8 Å². The third-order valence-electron chi connectivity index (χ3n) is 4.92. The van der Waals surface area contributed by atoms with Crippen molar-refractivity contribution in [1.82, 2.24) is 4.90 Å². The van der Waals surface area contributed by atoms with Gasteiger partial charge < -0.3 is 9.64 Å². The molecule has 0 amide bonds. The van der Waals surface area contributed by atoms with Gasteiger partial charge in [0.05, 0.1) is 11.6 Å². The van der Waals surface area contributed by atoms with E-state index in [0.29, 0.717) is 35.5 Å². The van der Waals surface area contributed by atoms with Crippen LogP contribution in [0.5, 0.6) is 0 Å². The monoisotopic (exact) mass is 395 g/mol. The molecule has 2 heterocycles. The highest BCUT2D eigenvalue weighted by Gasteiger charge is 2.39. The normalized spacial score (nSPS) is 19.6. The molecule has 2 aliphatic rings. The lowest BCUT2D eigenvalue weighted by Gasteiger charge is -2.25. The molecule has 0 bridgehead atoms. The summed E-state index contributed by atoms with van der Waals surface area (Å²) in [6.45, 7) is 0.519. The molecule has 0 unspecified atom stereocenters. The van der Waals surface area contributed by atoms with Crippen LogP contribution in [0.2, 0.25) is 0 Å². The second-order valence-corrected chi connectivity index (χ2v) is 8.19. The number of carbonyl (C=O) groups is 1. The number of benzene rings is 2. The van der Waals surface area contributed by atoms with E-state index in [0.717, 1.165) is 6.42 Å². The molecule has 2 aromatic rings. The zero-order chi connectivity index (χ0) is 19.7. The molecule has 142 valence electrons. The Kier molecular flexibility index (Phi) is 4.61. The highest BCUT2D eigenvalue weighted by Crippen LogP contribution is 2.31. The fraction of sp³-hybridized carbons (Fsp3) is 0.250. The van der Waals surface area contributed by atoms with Crippen LogP contribution in [0.25, 0.3) is 0 Å². The van der Waals surface area contributed by atoms with Crippen LogP contribution in [-0.4, -0.2) is 37.7 Å². The van der Waals surface area contributed by atoms with Gasteiger partial charge >= 0.3 is 5.97 Å². The summed E-state index contributed by atoms with van der Waals surface area (Å²) >= 11 is 0. The number of carbonyl (C=O) groups excluding carboxylic acids is 1. The maximum Gasteiger partial charge on any atom is 0.329 e. The first-order valence-corrected chi connectivity index (χ1v) is 10.3. The standard InChI is InChI=1S/C20H17N3O4S/c21-12-14-6-1-2-7-15(14)13-27-20(24)17-9-5-11-23(17)19-16-8-3-4-10-18(16)28(25,26)22-19/h1-4,6-8,10,17H,5,9,11,13H2/t17-/m0/s1. The fourth-order valence-electron chi connectivity index (χ4n) is 3.56. The van der Waals surface area contributed by atoms with Crippen molar-refractivity contribution in [1.29, 1.82) is 5.26 Å². The van der Waals surface area contributed by atoms with Gasteiger partial charge in [-0.1, -0.05) is 30.3 Å². The summed E-state index contributed by atoms with van der Waals surface area (Å²) in [7, 11) is -3.75. The molecule has 0 spiro atoms. The highest BCUT2D eigenvalue weighted by molar-refractivity contribution is 7.90. The molecule has 8 heteroatoms. The lowest BCUT2D eigenvalue weighted by molar-refractivity contribution is -0.149. The third-order valence-corrected chi connectivity index (χ3v) is 6.24. The van der Waals surface area contributed by atoms with Crippen molar-refractivity contribution in [3.05, 3.63) is 65.2 Å². The average molecular weight is 395 g/mol. The Morgan fingerprint density at radius 3 is 2.79 bits per heavy atom. The SMILES string of the molecule is N#Cc1ccccc1COC(=O)[C@@H]1CCCN1C1=NS(=O)(=O)c2ccccc21. The Morgan fingerprint density at radius 2 is 1.96 bits per heavy atom. The summed E-state index contributed by atoms with van der Waals surface area (Å²) in [5, 5.41) is 9.15. The molecule has 1 atom stereocenters. The van der Waals surface area contributed by atoms with Crippen LogP contribution in [-0.2, 0) is 26.2 Å². The van der Waals surface area contributed by atoms with E-state index in [2.05, 4.69) is 10.5 Å². The molecular formula is C20H17N3O4S. The van der Waals surface area contributed by atoms with E-state index in [1.54, 1.807) is 47.4 Å². The molecule has 0 aromatic heterocycles. The van der Waals surface area contributed by atoms with Gasteiger partial charge in [0.2, 0.25) is 0 Å². The maximum atomic E-state index is 12.7. The van der Waals surface area contributed by atoms with Crippen LogP contribution >= 0.6 is 0 Å². The highest BCUT2D eigenvalue weighted by atomic mass is 32.2. The van der Waals surface area contributed by atoms with Gasteiger partial charge in [-0.2, -0.15) is 13.7 Å². The second-order valence-electron chi connectivity index (χ2n) is 6.61. The first kappa shape index (κ1) is 18.2. The van der Waals surface area contributed by atoms with Gasteiger partial charge in [0, 0.05) is 17.7 Å². The van der Waals surface area contributed by atoms with Crippen molar-refractivity contribution in [2.24, 2.45) is 4.40 Å². The first-order chi connectivity index (χ1) is 13.5. The number of esters is 1. The van der Waals surface area contributed by atoms with Gasteiger partial charge in [0.1, 0.15) is 17.5 Å². The van der Waals surface area contributed by atoms with Crippen molar-refractivity contribution in [3.63, 3.8) is 0 Å². The molecule has 2 aromatic carbocycles. The summed E-state index contributed by atoms with van der Waals surface area (Å²) in [5.74, 6) is -0.151.